The largest absolute Gasteiger partial charge is 0.489 e. The van der Waals surface area contributed by atoms with Gasteiger partial charge in [0.1, 0.15) is 11.9 Å². The number of rotatable bonds is 11. The topological polar surface area (TPSA) is 111 Å². The number of hydrogen-bond donors (Lipinski definition) is 4. The molecule has 1 fully saturated rings. The zero-order valence-electron chi connectivity index (χ0n) is 25.9. The normalized spacial score (nSPS) is 23.0. The maximum atomic E-state index is 13.6. The third kappa shape index (κ3) is 7.86. The first-order valence-corrected chi connectivity index (χ1v) is 15.6. The van der Waals surface area contributed by atoms with E-state index in [1.807, 2.05) is 84.9 Å². The average molecular weight is 600 g/mol. The molecular weight excluding hydrogens is 554 g/mol. The molecule has 0 aromatic heterocycles. The number of nitrogens with one attached hydrogen (secondary N) is 2. The molecule has 2 aliphatic rings. The zero-order chi connectivity index (χ0) is 31.3. The number of carbonyl (C=O) groups is 2. The Balaban J connectivity index is 1.22. The summed E-state index contributed by atoms with van der Waals surface area (Å²) in [6, 6.07) is 26.2. The van der Waals surface area contributed by atoms with Crippen LogP contribution in [0.1, 0.15) is 56.3 Å². The molecule has 44 heavy (non-hydrogen) atoms. The summed E-state index contributed by atoms with van der Waals surface area (Å²) < 4.78 is 6.19. The first kappa shape index (κ1) is 31.7. The first-order chi connectivity index (χ1) is 21.1. The van der Waals surface area contributed by atoms with Crippen LogP contribution in [0.3, 0.4) is 0 Å². The Kier molecular flexibility index (Phi) is 10.0. The number of para-hydroxylation sites is 1. The van der Waals surface area contributed by atoms with E-state index in [0.717, 1.165) is 22.4 Å². The second kappa shape index (κ2) is 13.9. The molecule has 6 atom stereocenters. The van der Waals surface area contributed by atoms with Crippen molar-refractivity contribution >= 4 is 11.8 Å². The van der Waals surface area contributed by atoms with Crippen LogP contribution in [0.2, 0.25) is 0 Å². The number of hydrogen-bond acceptors (Lipinski definition) is 6. The van der Waals surface area contributed by atoms with Crippen LogP contribution in [0.15, 0.2) is 84.9 Å². The predicted octanol–water partition coefficient (Wildman–Crippen LogP) is 3.81. The van der Waals surface area contributed by atoms with Gasteiger partial charge in [0.25, 0.3) is 0 Å². The average Bonchev–Trinajstić information content (AvgIpc) is 3.57. The number of nitrogens with zero attached hydrogens (tertiary/aromatic N) is 1. The van der Waals surface area contributed by atoms with Gasteiger partial charge in [-0.1, -0.05) is 72.8 Å². The van der Waals surface area contributed by atoms with E-state index in [9.17, 15) is 19.8 Å². The number of aliphatic hydroxyl groups excluding tert-OH is 2. The molecule has 1 saturated heterocycles. The van der Waals surface area contributed by atoms with Crippen molar-refractivity contribution in [3.63, 3.8) is 0 Å². The highest BCUT2D eigenvalue weighted by Gasteiger charge is 2.43. The Morgan fingerprint density at radius 1 is 0.977 bits per heavy atom. The quantitative estimate of drug-likeness (QED) is 0.267. The van der Waals surface area contributed by atoms with Gasteiger partial charge < -0.3 is 25.6 Å². The molecule has 0 saturated carbocycles. The van der Waals surface area contributed by atoms with Crippen molar-refractivity contribution < 1.29 is 24.5 Å². The lowest BCUT2D eigenvalue weighted by Gasteiger charge is -2.36. The smallest absolute Gasteiger partial charge is 0.237 e. The van der Waals surface area contributed by atoms with Gasteiger partial charge in [-0.2, -0.15) is 0 Å². The molecule has 8 heteroatoms. The Labute approximate surface area is 260 Å². The second-order valence-corrected chi connectivity index (χ2v) is 13.1. The molecule has 1 unspecified atom stereocenters. The van der Waals surface area contributed by atoms with Gasteiger partial charge in [0.15, 0.2) is 0 Å². The number of aliphatic hydroxyl groups is 2. The van der Waals surface area contributed by atoms with Crippen LogP contribution in [0, 0.1) is 5.92 Å². The van der Waals surface area contributed by atoms with Crippen molar-refractivity contribution in [3.8, 4) is 5.75 Å². The summed E-state index contributed by atoms with van der Waals surface area (Å²) in [5.74, 6) is -0.159. The molecule has 3 aromatic rings. The fourth-order valence-electron chi connectivity index (χ4n) is 6.51. The van der Waals surface area contributed by atoms with Gasteiger partial charge in [0.2, 0.25) is 11.8 Å². The Hall–Kier alpha value is -3.72. The first-order valence-electron chi connectivity index (χ1n) is 15.6. The number of ether oxygens (including phenoxy) is 1. The van der Waals surface area contributed by atoms with Gasteiger partial charge in [0, 0.05) is 37.4 Å². The second-order valence-electron chi connectivity index (χ2n) is 13.1. The maximum Gasteiger partial charge on any atom is 0.237 e. The third-order valence-corrected chi connectivity index (χ3v) is 8.74. The van der Waals surface area contributed by atoms with E-state index < -0.39 is 30.2 Å². The summed E-state index contributed by atoms with van der Waals surface area (Å²) in [7, 11) is 0. The molecule has 5 rings (SSSR count). The Morgan fingerprint density at radius 3 is 2.34 bits per heavy atom. The van der Waals surface area contributed by atoms with Crippen LogP contribution in [-0.2, 0) is 22.4 Å². The minimum atomic E-state index is -0.931. The summed E-state index contributed by atoms with van der Waals surface area (Å²) in [4.78, 5) is 29.3. The molecule has 0 radical (unpaired) electrons. The summed E-state index contributed by atoms with van der Waals surface area (Å²) >= 11 is 0. The molecule has 2 amide bonds. The van der Waals surface area contributed by atoms with Gasteiger partial charge in [-0.05, 0) is 62.4 Å². The van der Waals surface area contributed by atoms with Crippen molar-refractivity contribution in [2.24, 2.45) is 5.92 Å². The van der Waals surface area contributed by atoms with Gasteiger partial charge >= 0.3 is 0 Å². The SMILES string of the molecule is CC(C)(C)N1C[C@@H](Oc2ccccc2)CC1C(=O)NC[C@@H](O)C[C@@H](Cc1ccccc1)C(=O)N[C@H]1c2ccccc2C[C@H]1O. The molecular formula is C36H45N3O5. The summed E-state index contributed by atoms with van der Waals surface area (Å²) in [5, 5.41) is 27.8. The standard InChI is InChI=1S/C36H45N3O5/c1-36(2,3)39-23-29(44-28-15-8-5-9-16-28)21-31(39)35(43)37-22-27(40)19-26(18-24-12-6-4-7-13-24)34(42)38-33-30-17-11-10-14-25(30)20-32(33)41/h4-17,26-27,29,31-33,40-41H,18-23H2,1-3H3,(H,37,43)(H,38,42)/t26-,27+,29+,31?,32-,33+/m1/s1. The third-order valence-electron chi connectivity index (χ3n) is 8.74. The lowest BCUT2D eigenvalue weighted by molar-refractivity contribution is -0.128. The van der Waals surface area contributed by atoms with Gasteiger partial charge in [-0.25, -0.2) is 0 Å². The Morgan fingerprint density at radius 2 is 1.64 bits per heavy atom. The van der Waals surface area contributed by atoms with Crippen molar-refractivity contribution in [1.82, 2.24) is 15.5 Å². The molecule has 8 nitrogen and oxygen atoms in total. The van der Waals surface area contributed by atoms with Crippen LogP contribution in [0.4, 0.5) is 0 Å². The highest BCUT2D eigenvalue weighted by atomic mass is 16.5. The summed E-state index contributed by atoms with van der Waals surface area (Å²) in [6.45, 7) is 6.90. The van der Waals surface area contributed by atoms with E-state index in [2.05, 4.69) is 36.3 Å². The fraction of sp³-hybridized carbons (Fsp3) is 0.444. The number of benzene rings is 3. The highest BCUT2D eigenvalue weighted by Crippen LogP contribution is 2.32. The molecule has 4 N–H and O–H groups in total. The molecule has 3 aromatic carbocycles. The fourth-order valence-corrected chi connectivity index (χ4v) is 6.51. The maximum absolute atomic E-state index is 13.6. The lowest BCUT2D eigenvalue weighted by atomic mass is 9.92. The predicted molar refractivity (Wildman–Crippen MR) is 170 cm³/mol. The van der Waals surface area contributed by atoms with Crippen molar-refractivity contribution in [2.75, 3.05) is 13.1 Å². The van der Waals surface area contributed by atoms with Crippen LogP contribution >= 0.6 is 0 Å². The molecule has 1 aliphatic heterocycles. The molecule has 0 spiro atoms. The summed E-state index contributed by atoms with van der Waals surface area (Å²) in [5.41, 5.74) is 2.68. The zero-order valence-corrected chi connectivity index (χ0v) is 25.9. The van der Waals surface area contributed by atoms with E-state index in [-0.39, 0.29) is 36.4 Å². The molecule has 0 bridgehead atoms. The monoisotopic (exact) mass is 599 g/mol. The molecule has 1 heterocycles. The number of amides is 2. The van der Waals surface area contributed by atoms with Crippen LogP contribution in [0.25, 0.3) is 0 Å². The summed E-state index contributed by atoms with van der Waals surface area (Å²) in [6.07, 6.45) is -0.140. The lowest BCUT2D eigenvalue weighted by Crippen LogP contribution is -2.52. The van der Waals surface area contributed by atoms with Gasteiger partial charge in [-0.15, -0.1) is 0 Å². The van der Waals surface area contributed by atoms with E-state index >= 15 is 0 Å². The van der Waals surface area contributed by atoms with Crippen LogP contribution in [-0.4, -0.2) is 69.9 Å². The van der Waals surface area contributed by atoms with Gasteiger partial charge in [-0.3, -0.25) is 14.5 Å². The van der Waals surface area contributed by atoms with E-state index in [1.54, 1.807) is 0 Å². The van der Waals surface area contributed by atoms with E-state index in [1.165, 1.54) is 0 Å². The van der Waals surface area contributed by atoms with E-state index in [4.69, 9.17) is 4.74 Å². The van der Waals surface area contributed by atoms with Crippen LogP contribution in [0.5, 0.6) is 5.75 Å². The molecule has 1 aliphatic carbocycles. The number of likely N-dealkylation sites (tertiary alicyclic amines) is 1. The minimum absolute atomic E-state index is 0.0327. The number of carbonyl (C=O) groups excluding carboxylic acids is 2. The van der Waals surface area contributed by atoms with Gasteiger partial charge in [0.05, 0.1) is 24.3 Å². The minimum Gasteiger partial charge on any atom is -0.489 e. The van der Waals surface area contributed by atoms with E-state index in [0.29, 0.717) is 25.8 Å². The highest BCUT2D eigenvalue weighted by molar-refractivity contribution is 5.82. The molecule has 234 valence electrons. The van der Waals surface area contributed by atoms with Crippen molar-refractivity contribution in [3.05, 3.63) is 102 Å². The van der Waals surface area contributed by atoms with Crippen molar-refractivity contribution in [2.45, 2.75) is 82.4 Å². The Bertz CT molecular complexity index is 1390. The number of fused-ring (bicyclic) bond motifs is 1. The van der Waals surface area contributed by atoms with Crippen molar-refractivity contribution in [1.29, 1.82) is 0 Å². The van der Waals surface area contributed by atoms with Crippen LogP contribution < -0.4 is 15.4 Å².